The number of aryl methyl sites for hydroxylation is 1. The molecule has 0 saturated carbocycles. The number of likely N-dealkylation sites (tertiary alicyclic amines) is 1. The summed E-state index contributed by atoms with van der Waals surface area (Å²) in [6, 6.07) is 9.65. The highest BCUT2D eigenvalue weighted by Gasteiger charge is 2.30. The number of benzene rings is 1. The Balaban J connectivity index is 1.54. The summed E-state index contributed by atoms with van der Waals surface area (Å²) in [7, 11) is 0. The zero-order valence-electron chi connectivity index (χ0n) is 12.6. The van der Waals surface area contributed by atoms with Crippen LogP contribution in [-0.4, -0.2) is 40.0 Å². The number of hydrogen-bond acceptors (Lipinski definition) is 4. The van der Waals surface area contributed by atoms with Crippen LogP contribution in [0.25, 0.3) is 11.3 Å². The first-order valence-corrected chi connectivity index (χ1v) is 7.64. The fourth-order valence-electron chi connectivity index (χ4n) is 2.72. The van der Waals surface area contributed by atoms with Gasteiger partial charge in [-0.25, -0.2) is 4.98 Å². The number of aliphatic carboxylic acids is 1. The van der Waals surface area contributed by atoms with Gasteiger partial charge < -0.3 is 14.4 Å². The largest absolute Gasteiger partial charge is 0.481 e. The zero-order valence-corrected chi connectivity index (χ0v) is 12.6. The standard InChI is InChI=1S/C17H18N2O4/c20-16(19-9-8-13(11-19)17(21)22)7-6-15-18-10-14(23-15)12-4-2-1-3-5-12/h1-5,10,13H,6-9,11H2,(H,21,22). The summed E-state index contributed by atoms with van der Waals surface area (Å²) in [5.74, 6) is -0.120. The third-order valence-corrected chi connectivity index (χ3v) is 4.05. The highest BCUT2D eigenvalue weighted by Crippen LogP contribution is 2.21. The molecule has 1 amide bonds. The van der Waals surface area contributed by atoms with Gasteiger partial charge in [0.15, 0.2) is 11.7 Å². The predicted molar refractivity (Wildman–Crippen MR) is 82.6 cm³/mol. The van der Waals surface area contributed by atoms with Gasteiger partial charge in [-0.15, -0.1) is 0 Å². The van der Waals surface area contributed by atoms with Gasteiger partial charge in [0, 0.05) is 31.5 Å². The Kier molecular flexibility index (Phi) is 4.41. The minimum atomic E-state index is -0.833. The van der Waals surface area contributed by atoms with Crippen LogP contribution in [-0.2, 0) is 16.0 Å². The number of hydrogen-bond donors (Lipinski definition) is 1. The zero-order chi connectivity index (χ0) is 16.2. The number of carboxylic acid groups (broad SMARTS) is 1. The minimum absolute atomic E-state index is 0.0480. The molecule has 2 aromatic rings. The summed E-state index contributed by atoms with van der Waals surface area (Å²) in [6.45, 7) is 0.811. The first-order chi connectivity index (χ1) is 11.1. The topological polar surface area (TPSA) is 83.6 Å². The fourth-order valence-corrected chi connectivity index (χ4v) is 2.72. The third-order valence-electron chi connectivity index (χ3n) is 4.05. The van der Waals surface area contributed by atoms with Crippen molar-refractivity contribution in [1.82, 2.24) is 9.88 Å². The molecule has 23 heavy (non-hydrogen) atoms. The number of oxazole rings is 1. The predicted octanol–water partition coefficient (Wildman–Crippen LogP) is 2.21. The summed E-state index contributed by atoms with van der Waals surface area (Å²) in [4.78, 5) is 28.9. The molecule has 1 fully saturated rings. The van der Waals surface area contributed by atoms with Crippen molar-refractivity contribution in [2.45, 2.75) is 19.3 Å². The molecule has 120 valence electrons. The van der Waals surface area contributed by atoms with Gasteiger partial charge in [-0.2, -0.15) is 0 Å². The maximum Gasteiger partial charge on any atom is 0.308 e. The Labute approximate surface area is 133 Å². The van der Waals surface area contributed by atoms with E-state index in [-0.39, 0.29) is 12.3 Å². The number of nitrogens with zero attached hydrogens (tertiary/aromatic N) is 2. The van der Waals surface area contributed by atoms with Crippen molar-refractivity contribution in [3.63, 3.8) is 0 Å². The van der Waals surface area contributed by atoms with Crippen LogP contribution in [0.1, 0.15) is 18.7 Å². The molecule has 1 aromatic heterocycles. The number of carbonyl (C=O) groups excluding carboxylic acids is 1. The summed E-state index contributed by atoms with van der Waals surface area (Å²) in [5, 5.41) is 8.97. The summed E-state index contributed by atoms with van der Waals surface area (Å²) in [5.41, 5.74) is 0.946. The number of carboxylic acids is 1. The van der Waals surface area contributed by atoms with Gasteiger partial charge in [0.2, 0.25) is 5.91 Å². The highest BCUT2D eigenvalue weighted by molar-refractivity contribution is 5.78. The van der Waals surface area contributed by atoms with Gasteiger partial charge in [-0.05, 0) is 6.42 Å². The van der Waals surface area contributed by atoms with Crippen LogP contribution in [0.2, 0.25) is 0 Å². The molecule has 0 bridgehead atoms. The van der Waals surface area contributed by atoms with E-state index in [0.717, 1.165) is 5.56 Å². The Morgan fingerprint density at radius 2 is 2.09 bits per heavy atom. The SMILES string of the molecule is O=C(O)C1CCN(C(=O)CCc2ncc(-c3ccccc3)o2)C1. The molecular formula is C17H18N2O4. The Bertz CT molecular complexity index is 696. The summed E-state index contributed by atoms with van der Waals surface area (Å²) in [6.07, 6.45) is 2.88. The molecule has 1 aromatic carbocycles. The van der Waals surface area contributed by atoms with E-state index in [0.29, 0.717) is 37.6 Å². The second kappa shape index (κ2) is 6.64. The molecule has 0 aliphatic carbocycles. The van der Waals surface area contributed by atoms with E-state index < -0.39 is 11.9 Å². The average Bonchev–Trinajstić information content (AvgIpc) is 3.23. The van der Waals surface area contributed by atoms with Crippen molar-refractivity contribution < 1.29 is 19.1 Å². The smallest absolute Gasteiger partial charge is 0.308 e. The third kappa shape index (κ3) is 3.59. The molecule has 3 rings (SSSR count). The molecule has 0 spiro atoms. The van der Waals surface area contributed by atoms with E-state index in [9.17, 15) is 9.59 Å². The van der Waals surface area contributed by atoms with Gasteiger partial charge in [-0.1, -0.05) is 30.3 Å². The first kappa shape index (κ1) is 15.3. The monoisotopic (exact) mass is 314 g/mol. The number of amides is 1. The fraction of sp³-hybridized carbons (Fsp3) is 0.353. The Hall–Kier alpha value is -2.63. The molecule has 0 radical (unpaired) electrons. The Morgan fingerprint density at radius 1 is 1.30 bits per heavy atom. The minimum Gasteiger partial charge on any atom is -0.481 e. The lowest BCUT2D eigenvalue weighted by Crippen LogP contribution is -2.30. The molecule has 2 heterocycles. The maximum atomic E-state index is 12.1. The number of carbonyl (C=O) groups is 2. The first-order valence-electron chi connectivity index (χ1n) is 7.64. The van der Waals surface area contributed by atoms with Crippen LogP contribution in [0.5, 0.6) is 0 Å². The molecule has 6 heteroatoms. The van der Waals surface area contributed by atoms with Crippen molar-refractivity contribution >= 4 is 11.9 Å². The number of rotatable bonds is 5. The van der Waals surface area contributed by atoms with Crippen molar-refractivity contribution in [3.05, 3.63) is 42.4 Å². The summed E-state index contributed by atoms with van der Waals surface area (Å²) < 4.78 is 5.67. The molecular weight excluding hydrogens is 296 g/mol. The average molecular weight is 314 g/mol. The molecule has 1 aliphatic heterocycles. The van der Waals surface area contributed by atoms with E-state index in [4.69, 9.17) is 9.52 Å². The molecule has 1 N–H and O–H groups in total. The van der Waals surface area contributed by atoms with Crippen LogP contribution in [0, 0.1) is 5.92 Å². The molecule has 1 unspecified atom stereocenters. The summed E-state index contributed by atoms with van der Waals surface area (Å²) >= 11 is 0. The van der Waals surface area contributed by atoms with Crippen LogP contribution < -0.4 is 0 Å². The van der Waals surface area contributed by atoms with Crippen LogP contribution in [0.15, 0.2) is 40.9 Å². The van der Waals surface area contributed by atoms with E-state index >= 15 is 0 Å². The molecule has 6 nitrogen and oxygen atoms in total. The van der Waals surface area contributed by atoms with Crippen molar-refractivity contribution in [3.8, 4) is 11.3 Å². The molecule has 1 saturated heterocycles. The van der Waals surface area contributed by atoms with Crippen molar-refractivity contribution in [2.75, 3.05) is 13.1 Å². The van der Waals surface area contributed by atoms with Gasteiger partial charge in [0.1, 0.15) is 0 Å². The van der Waals surface area contributed by atoms with Crippen molar-refractivity contribution in [2.24, 2.45) is 5.92 Å². The van der Waals surface area contributed by atoms with E-state index in [1.165, 1.54) is 0 Å². The van der Waals surface area contributed by atoms with Gasteiger partial charge in [-0.3, -0.25) is 9.59 Å². The van der Waals surface area contributed by atoms with E-state index in [2.05, 4.69) is 4.98 Å². The lowest BCUT2D eigenvalue weighted by molar-refractivity contribution is -0.141. The van der Waals surface area contributed by atoms with Crippen molar-refractivity contribution in [1.29, 1.82) is 0 Å². The van der Waals surface area contributed by atoms with Crippen LogP contribution >= 0.6 is 0 Å². The molecule has 1 aliphatic rings. The van der Waals surface area contributed by atoms with Gasteiger partial charge in [0.25, 0.3) is 0 Å². The quantitative estimate of drug-likeness (QED) is 0.914. The normalized spacial score (nSPS) is 17.4. The van der Waals surface area contributed by atoms with Crippen LogP contribution in [0.4, 0.5) is 0 Å². The second-order valence-electron chi connectivity index (χ2n) is 5.65. The lowest BCUT2D eigenvalue weighted by Gasteiger charge is -2.14. The lowest BCUT2D eigenvalue weighted by atomic mass is 10.1. The van der Waals surface area contributed by atoms with E-state index in [1.807, 2.05) is 30.3 Å². The second-order valence-corrected chi connectivity index (χ2v) is 5.65. The number of aromatic nitrogens is 1. The Morgan fingerprint density at radius 3 is 2.78 bits per heavy atom. The maximum absolute atomic E-state index is 12.1. The molecule has 1 atom stereocenters. The van der Waals surface area contributed by atoms with Gasteiger partial charge >= 0.3 is 5.97 Å². The van der Waals surface area contributed by atoms with Crippen LogP contribution in [0.3, 0.4) is 0 Å². The van der Waals surface area contributed by atoms with E-state index in [1.54, 1.807) is 11.1 Å². The van der Waals surface area contributed by atoms with Gasteiger partial charge in [0.05, 0.1) is 12.1 Å². The highest BCUT2D eigenvalue weighted by atomic mass is 16.4.